The summed E-state index contributed by atoms with van der Waals surface area (Å²) in [6.07, 6.45) is 1.95. The monoisotopic (exact) mass is 306 g/mol. The summed E-state index contributed by atoms with van der Waals surface area (Å²) in [4.78, 5) is 11.9. The molecule has 0 aliphatic carbocycles. The molecule has 0 atom stereocenters. The first-order chi connectivity index (χ1) is 9.95. The van der Waals surface area contributed by atoms with Crippen LogP contribution in [0.25, 0.3) is 0 Å². The highest BCUT2D eigenvalue weighted by atomic mass is 35.5. The van der Waals surface area contributed by atoms with Crippen molar-refractivity contribution in [1.29, 1.82) is 0 Å². The third kappa shape index (κ3) is 4.31. The molecule has 0 bridgehead atoms. The Morgan fingerprint density at radius 1 is 1.38 bits per heavy atom. The predicted octanol–water partition coefficient (Wildman–Crippen LogP) is 2.42. The van der Waals surface area contributed by atoms with E-state index < -0.39 is 0 Å². The Labute approximate surface area is 129 Å². The molecular formula is C15H19ClN4O. The Morgan fingerprint density at radius 3 is 2.81 bits per heavy atom. The standard InChI is InChI=1S/C15H19ClN4O/c1-10-4-5-13(16)6-14(10)18-15(21)8-17-7-12-9-20(3)19-11(12)2/h4-6,9,17H,7-8H2,1-3H3,(H,18,21). The first-order valence-corrected chi connectivity index (χ1v) is 7.09. The maximum Gasteiger partial charge on any atom is 0.238 e. The van der Waals surface area contributed by atoms with Gasteiger partial charge in [0.15, 0.2) is 0 Å². The number of anilines is 1. The third-order valence-electron chi connectivity index (χ3n) is 3.19. The number of aryl methyl sites for hydroxylation is 3. The lowest BCUT2D eigenvalue weighted by molar-refractivity contribution is -0.115. The van der Waals surface area contributed by atoms with Crippen LogP contribution in [0.4, 0.5) is 5.69 Å². The summed E-state index contributed by atoms with van der Waals surface area (Å²) >= 11 is 5.93. The van der Waals surface area contributed by atoms with Crippen LogP contribution in [0.5, 0.6) is 0 Å². The quantitative estimate of drug-likeness (QED) is 0.892. The molecule has 0 radical (unpaired) electrons. The number of hydrogen-bond donors (Lipinski definition) is 2. The van der Waals surface area contributed by atoms with Crippen molar-refractivity contribution in [1.82, 2.24) is 15.1 Å². The highest BCUT2D eigenvalue weighted by Crippen LogP contribution is 2.19. The first kappa shape index (κ1) is 15.5. The van der Waals surface area contributed by atoms with Gasteiger partial charge in [0.25, 0.3) is 0 Å². The molecule has 0 fully saturated rings. The molecule has 2 rings (SSSR count). The third-order valence-corrected chi connectivity index (χ3v) is 3.42. The summed E-state index contributed by atoms with van der Waals surface area (Å²) in [6.45, 7) is 4.73. The van der Waals surface area contributed by atoms with Crippen LogP contribution in [-0.4, -0.2) is 22.2 Å². The SMILES string of the molecule is Cc1ccc(Cl)cc1NC(=O)CNCc1cn(C)nc1C. The molecule has 1 aromatic carbocycles. The molecule has 21 heavy (non-hydrogen) atoms. The fourth-order valence-corrected chi connectivity index (χ4v) is 2.23. The summed E-state index contributed by atoms with van der Waals surface area (Å²) in [5.41, 5.74) is 3.78. The zero-order valence-electron chi connectivity index (χ0n) is 12.4. The van der Waals surface area contributed by atoms with E-state index >= 15 is 0 Å². The van der Waals surface area contributed by atoms with Crippen LogP contribution in [0.1, 0.15) is 16.8 Å². The van der Waals surface area contributed by atoms with Gasteiger partial charge < -0.3 is 10.6 Å². The van der Waals surface area contributed by atoms with Crippen molar-refractivity contribution in [2.45, 2.75) is 20.4 Å². The van der Waals surface area contributed by atoms with Crippen molar-refractivity contribution in [3.8, 4) is 0 Å². The molecule has 0 aliphatic heterocycles. The van der Waals surface area contributed by atoms with E-state index in [-0.39, 0.29) is 12.5 Å². The number of nitrogens with one attached hydrogen (secondary N) is 2. The molecule has 0 saturated carbocycles. The number of hydrogen-bond acceptors (Lipinski definition) is 3. The highest BCUT2D eigenvalue weighted by Gasteiger charge is 2.07. The average molecular weight is 307 g/mol. The van der Waals surface area contributed by atoms with E-state index in [0.29, 0.717) is 11.6 Å². The Morgan fingerprint density at radius 2 is 2.14 bits per heavy atom. The van der Waals surface area contributed by atoms with Gasteiger partial charge in [-0.15, -0.1) is 0 Å². The molecule has 2 aromatic rings. The number of benzene rings is 1. The fraction of sp³-hybridized carbons (Fsp3) is 0.333. The lowest BCUT2D eigenvalue weighted by Gasteiger charge is -2.09. The van der Waals surface area contributed by atoms with E-state index in [4.69, 9.17) is 11.6 Å². The molecule has 6 heteroatoms. The second-order valence-corrected chi connectivity index (χ2v) is 5.46. The number of rotatable bonds is 5. The lowest BCUT2D eigenvalue weighted by atomic mass is 10.2. The zero-order valence-corrected chi connectivity index (χ0v) is 13.2. The second-order valence-electron chi connectivity index (χ2n) is 5.02. The Bertz CT molecular complexity index is 651. The van der Waals surface area contributed by atoms with Gasteiger partial charge >= 0.3 is 0 Å². The largest absolute Gasteiger partial charge is 0.325 e. The van der Waals surface area contributed by atoms with E-state index in [2.05, 4.69) is 15.7 Å². The predicted molar refractivity (Wildman–Crippen MR) is 84.5 cm³/mol. The normalized spacial score (nSPS) is 10.7. The number of nitrogens with zero attached hydrogens (tertiary/aromatic N) is 2. The van der Waals surface area contributed by atoms with E-state index in [1.54, 1.807) is 16.8 Å². The molecule has 0 aliphatic rings. The molecule has 0 spiro atoms. The maximum atomic E-state index is 11.9. The summed E-state index contributed by atoms with van der Waals surface area (Å²) in [7, 11) is 1.88. The smallest absolute Gasteiger partial charge is 0.238 e. The van der Waals surface area contributed by atoms with Crippen molar-refractivity contribution in [3.63, 3.8) is 0 Å². The van der Waals surface area contributed by atoms with Crippen molar-refractivity contribution >= 4 is 23.2 Å². The number of amides is 1. The van der Waals surface area contributed by atoms with Gasteiger partial charge in [-0.3, -0.25) is 9.48 Å². The van der Waals surface area contributed by atoms with Crippen LogP contribution in [0.3, 0.4) is 0 Å². The van der Waals surface area contributed by atoms with Gasteiger partial charge in [0.1, 0.15) is 0 Å². The van der Waals surface area contributed by atoms with E-state index in [1.807, 2.05) is 33.2 Å². The van der Waals surface area contributed by atoms with Crippen LogP contribution >= 0.6 is 11.6 Å². The van der Waals surface area contributed by atoms with Gasteiger partial charge in [-0.2, -0.15) is 5.10 Å². The first-order valence-electron chi connectivity index (χ1n) is 6.71. The fourth-order valence-electron chi connectivity index (χ4n) is 2.06. The summed E-state index contributed by atoms with van der Waals surface area (Å²) < 4.78 is 1.77. The minimum absolute atomic E-state index is 0.0955. The average Bonchev–Trinajstić information content (AvgIpc) is 2.72. The molecule has 2 N–H and O–H groups in total. The molecule has 112 valence electrons. The molecule has 1 amide bonds. The molecule has 1 aromatic heterocycles. The summed E-state index contributed by atoms with van der Waals surface area (Å²) in [5, 5.41) is 10.8. The number of aromatic nitrogens is 2. The molecule has 5 nitrogen and oxygen atoms in total. The summed E-state index contributed by atoms with van der Waals surface area (Å²) in [5.74, 6) is -0.0955. The molecular weight excluding hydrogens is 288 g/mol. The molecule has 1 heterocycles. The van der Waals surface area contributed by atoms with Crippen molar-refractivity contribution in [3.05, 3.63) is 46.2 Å². The lowest BCUT2D eigenvalue weighted by Crippen LogP contribution is -2.28. The Balaban J connectivity index is 1.85. The second kappa shape index (κ2) is 6.74. The highest BCUT2D eigenvalue weighted by molar-refractivity contribution is 6.31. The maximum absolute atomic E-state index is 11.9. The van der Waals surface area contributed by atoms with Gasteiger partial charge in [-0.1, -0.05) is 17.7 Å². The Kier molecular flexibility index (Phi) is 4.98. The van der Waals surface area contributed by atoms with Gasteiger partial charge in [-0.05, 0) is 31.5 Å². The van der Waals surface area contributed by atoms with Crippen LogP contribution in [0.15, 0.2) is 24.4 Å². The number of halogens is 1. The minimum atomic E-state index is -0.0955. The van der Waals surface area contributed by atoms with Crippen LogP contribution < -0.4 is 10.6 Å². The van der Waals surface area contributed by atoms with E-state index in [0.717, 1.165) is 22.5 Å². The van der Waals surface area contributed by atoms with Gasteiger partial charge in [0.2, 0.25) is 5.91 Å². The zero-order chi connectivity index (χ0) is 15.4. The Hall–Kier alpha value is -1.85. The number of carbonyl (C=O) groups excluding carboxylic acids is 1. The molecule has 0 unspecified atom stereocenters. The topological polar surface area (TPSA) is 59.0 Å². The van der Waals surface area contributed by atoms with E-state index in [9.17, 15) is 4.79 Å². The summed E-state index contributed by atoms with van der Waals surface area (Å²) in [6, 6.07) is 5.43. The van der Waals surface area contributed by atoms with Crippen LogP contribution in [0, 0.1) is 13.8 Å². The molecule has 0 saturated heterocycles. The minimum Gasteiger partial charge on any atom is -0.325 e. The number of carbonyl (C=O) groups is 1. The van der Waals surface area contributed by atoms with Crippen LogP contribution in [-0.2, 0) is 18.4 Å². The van der Waals surface area contributed by atoms with E-state index in [1.165, 1.54) is 0 Å². The van der Waals surface area contributed by atoms with Gasteiger partial charge in [0.05, 0.1) is 12.2 Å². The van der Waals surface area contributed by atoms with Gasteiger partial charge in [-0.25, -0.2) is 0 Å². The van der Waals surface area contributed by atoms with Crippen molar-refractivity contribution in [2.24, 2.45) is 7.05 Å². The van der Waals surface area contributed by atoms with Crippen molar-refractivity contribution < 1.29 is 4.79 Å². The van der Waals surface area contributed by atoms with Crippen molar-refractivity contribution in [2.75, 3.05) is 11.9 Å². The van der Waals surface area contributed by atoms with Crippen LogP contribution in [0.2, 0.25) is 5.02 Å². The van der Waals surface area contributed by atoms with Gasteiger partial charge in [0, 0.05) is 36.1 Å².